The molecule has 1 heterocycles. The number of thiophene rings is 1. The Balaban J connectivity index is 2.13. The molecular weight excluding hydrogens is 396 g/mol. The lowest BCUT2D eigenvalue weighted by Gasteiger charge is -2.28. The van der Waals surface area contributed by atoms with Crippen molar-refractivity contribution in [2.75, 3.05) is 26.8 Å². The third-order valence-electron chi connectivity index (χ3n) is 5.07. The number of carbonyl (C=O) groups excluding carboxylic acids is 2. The summed E-state index contributed by atoms with van der Waals surface area (Å²) in [5.41, 5.74) is 2.28. The first-order valence-corrected chi connectivity index (χ1v) is 11.5. The minimum atomic E-state index is -0.0195. The monoisotopic (exact) mass is 430 g/mol. The SMILES string of the molecule is CCCCC(=O)N(CCCOC)CC(=O)N(Cc1ccccc1)Cc1sccc1C. The maximum Gasteiger partial charge on any atom is 0.242 e. The van der Waals surface area contributed by atoms with E-state index < -0.39 is 0 Å². The van der Waals surface area contributed by atoms with Crippen molar-refractivity contribution in [3.8, 4) is 0 Å². The topological polar surface area (TPSA) is 49.9 Å². The molecule has 0 spiro atoms. The zero-order valence-corrected chi connectivity index (χ0v) is 19.2. The number of aryl methyl sites for hydroxylation is 1. The van der Waals surface area contributed by atoms with Crippen LogP contribution in [-0.4, -0.2) is 48.4 Å². The Labute approximate surface area is 184 Å². The maximum atomic E-state index is 13.3. The third-order valence-corrected chi connectivity index (χ3v) is 6.08. The summed E-state index contributed by atoms with van der Waals surface area (Å²) in [6.45, 7) is 6.47. The number of hydrogen-bond acceptors (Lipinski definition) is 4. The van der Waals surface area contributed by atoms with Crippen molar-refractivity contribution in [3.63, 3.8) is 0 Å². The van der Waals surface area contributed by atoms with Crippen molar-refractivity contribution in [1.29, 1.82) is 0 Å². The number of methoxy groups -OCH3 is 1. The lowest BCUT2D eigenvalue weighted by atomic mass is 10.2. The van der Waals surface area contributed by atoms with Crippen molar-refractivity contribution >= 4 is 23.2 Å². The molecule has 0 saturated heterocycles. The molecule has 2 amide bonds. The summed E-state index contributed by atoms with van der Waals surface area (Å²) in [4.78, 5) is 30.8. The van der Waals surface area contributed by atoms with E-state index in [1.165, 1.54) is 10.4 Å². The number of unbranched alkanes of at least 4 members (excludes halogenated alkanes) is 1. The Morgan fingerprint density at radius 3 is 2.40 bits per heavy atom. The van der Waals surface area contributed by atoms with E-state index in [1.807, 2.05) is 35.2 Å². The number of carbonyl (C=O) groups is 2. The van der Waals surface area contributed by atoms with Crippen molar-refractivity contribution in [1.82, 2.24) is 9.80 Å². The van der Waals surface area contributed by atoms with Crippen LogP contribution in [0.3, 0.4) is 0 Å². The summed E-state index contributed by atoms with van der Waals surface area (Å²) in [5.74, 6) is 0.0298. The van der Waals surface area contributed by atoms with Gasteiger partial charge in [-0.1, -0.05) is 43.7 Å². The molecule has 30 heavy (non-hydrogen) atoms. The van der Waals surface area contributed by atoms with E-state index in [4.69, 9.17) is 4.74 Å². The quantitative estimate of drug-likeness (QED) is 0.435. The second-order valence-electron chi connectivity index (χ2n) is 7.53. The maximum absolute atomic E-state index is 13.3. The summed E-state index contributed by atoms with van der Waals surface area (Å²) < 4.78 is 5.14. The van der Waals surface area contributed by atoms with Crippen molar-refractivity contribution in [2.45, 2.75) is 52.6 Å². The number of benzene rings is 1. The number of rotatable bonds is 13. The number of nitrogens with zero attached hydrogens (tertiary/aromatic N) is 2. The molecule has 6 heteroatoms. The zero-order valence-electron chi connectivity index (χ0n) is 18.4. The molecule has 0 atom stereocenters. The van der Waals surface area contributed by atoms with Crippen LogP contribution in [0.4, 0.5) is 0 Å². The van der Waals surface area contributed by atoms with Gasteiger partial charge < -0.3 is 14.5 Å². The molecular formula is C24H34N2O3S. The molecule has 0 bridgehead atoms. The molecule has 2 aromatic rings. The van der Waals surface area contributed by atoms with Crippen LogP contribution in [0.25, 0.3) is 0 Å². The fourth-order valence-electron chi connectivity index (χ4n) is 3.22. The summed E-state index contributed by atoms with van der Waals surface area (Å²) >= 11 is 1.67. The third kappa shape index (κ3) is 7.92. The van der Waals surface area contributed by atoms with E-state index in [1.54, 1.807) is 23.3 Å². The van der Waals surface area contributed by atoms with Crippen LogP contribution in [0.2, 0.25) is 0 Å². The molecule has 5 nitrogen and oxygen atoms in total. The largest absolute Gasteiger partial charge is 0.385 e. The van der Waals surface area contributed by atoms with Gasteiger partial charge in [0.25, 0.3) is 0 Å². The summed E-state index contributed by atoms with van der Waals surface area (Å²) in [7, 11) is 1.65. The van der Waals surface area contributed by atoms with Gasteiger partial charge in [-0.05, 0) is 42.3 Å². The van der Waals surface area contributed by atoms with Gasteiger partial charge in [0, 0.05) is 38.1 Å². The van der Waals surface area contributed by atoms with Crippen LogP contribution in [-0.2, 0) is 27.4 Å². The molecule has 164 valence electrons. The highest BCUT2D eigenvalue weighted by molar-refractivity contribution is 7.10. The molecule has 2 rings (SSSR count). The van der Waals surface area contributed by atoms with Crippen LogP contribution in [0.5, 0.6) is 0 Å². The highest BCUT2D eigenvalue weighted by Gasteiger charge is 2.22. The molecule has 0 unspecified atom stereocenters. The van der Waals surface area contributed by atoms with Crippen molar-refractivity contribution < 1.29 is 14.3 Å². The highest BCUT2D eigenvalue weighted by atomic mass is 32.1. The van der Waals surface area contributed by atoms with E-state index in [0.29, 0.717) is 32.7 Å². The van der Waals surface area contributed by atoms with Gasteiger partial charge in [0.05, 0.1) is 13.1 Å². The predicted molar refractivity (Wildman–Crippen MR) is 122 cm³/mol. The Morgan fingerprint density at radius 2 is 1.77 bits per heavy atom. The van der Waals surface area contributed by atoms with E-state index in [2.05, 4.69) is 25.3 Å². The zero-order chi connectivity index (χ0) is 21.8. The first-order valence-electron chi connectivity index (χ1n) is 10.7. The van der Waals surface area contributed by atoms with Crippen LogP contribution >= 0.6 is 11.3 Å². The fraction of sp³-hybridized carbons (Fsp3) is 0.500. The second-order valence-corrected chi connectivity index (χ2v) is 8.53. The number of hydrogen-bond donors (Lipinski definition) is 0. The molecule has 0 radical (unpaired) electrons. The molecule has 1 aromatic carbocycles. The Kier molecular flexibility index (Phi) is 10.6. The average Bonchev–Trinajstić information content (AvgIpc) is 3.16. The first-order chi connectivity index (χ1) is 14.5. The molecule has 0 aliphatic rings. The Hall–Kier alpha value is -2.18. The smallest absolute Gasteiger partial charge is 0.242 e. The number of ether oxygens (including phenoxy) is 1. The molecule has 0 aliphatic carbocycles. The van der Waals surface area contributed by atoms with Crippen LogP contribution in [0, 0.1) is 6.92 Å². The van der Waals surface area contributed by atoms with Gasteiger partial charge in [0.2, 0.25) is 11.8 Å². The predicted octanol–water partition coefficient (Wildman–Crippen LogP) is 4.64. The van der Waals surface area contributed by atoms with Crippen LogP contribution in [0.15, 0.2) is 41.8 Å². The van der Waals surface area contributed by atoms with Crippen LogP contribution < -0.4 is 0 Å². The van der Waals surface area contributed by atoms with Gasteiger partial charge >= 0.3 is 0 Å². The van der Waals surface area contributed by atoms with E-state index in [-0.39, 0.29) is 18.4 Å². The summed E-state index contributed by atoms with van der Waals surface area (Å²) in [6, 6.07) is 12.1. The van der Waals surface area contributed by atoms with Crippen molar-refractivity contribution in [2.24, 2.45) is 0 Å². The first kappa shape index (κ1) is 24.1. The minimum absolute atomic E-state index is 0.0195. The molecule has 0 saturated carbocycles. The Bertz CT molecular complexity index is 776. The molecule has 0 fully saturated rings. The lowest BCUT2D eigenvalue weighted by Crippen LogP contribution is -2.43. The summed E-state index contributed by atoms with van der Waals surface area (Å²) in [5, 5.41) is 2.06. The molecule has 0 N–H and O–H groups in total. The van der Waals surface area contributed by atoms with Crippen LogP contribution in [0.1, 0.15) is 48.6 Å². The van der Waals surface area contributed by atoms with Gasteiger partial charge in [0.15, 0.2) is 0 Å². The molecule has 0 aliphatic heterocycles. The minimum Gasteiger partial charge on any atom is -0.385 e. The van der Waals surface area contributed by atoms with Gasteiger partial charge in [-0.25, -0.2) is 0 Å². The van der Waals surface area contributed by atoms with E-state index >= 15 is 0 Å². The van der Waals surface area contributed by atoms with E-state index in [9.17, 15) is 9.59 Å². The van der Waals surface area contributed by atoms with Gasteiger partial charge in [0.1, 0.15) is 0 Å². The fourth-order valence-corrected chi connectivity index (χ4v) is 4.14. The second kappa shape index (κ2) is 13.2. The van der Waals surface area contributed by atoms with Gasteiger partial charge in [-0.15, -0.1) is 11.3 Å². The van der Waals surface area contributed by atoms with E-state index in [0.717, 1.165) is 24.8 Å². The highest BCUT2D eigenvalue weighted by Crippen LogP contribution is 2.20. The summed E-state index contributed by atoms with van der Waals surface area (Å²) in [6.07, 6.45) is 3.02. The molecule has 1 aromatic heterocycles. The standard InChI is InChI=1S/C24H34N2O3S/c1-4-5-12-23(27)25(14-9-15-29-3)19-24(28)26(17-21-10-7-6-8-11-21)18-22-20(2)13-16-30-22/h6-8,10-11,13,16H,4-5,9,12,14-15,17-19H2,1-3H3. The average molecular weight is 431 g/mol. The van der Waals surface area contributed by atoms with Gasteiger partial charge in [-0.3, -0.25) is 9.59 Å². The number of amides is 2. The van der Waals surface area contributed by atoms with Crippen molar-refractivity contribution in [3.05, 3.63) is 57.8 Å². The van der Waals surface area contributed by atoms with Gasteiger partial charge in [-0.2, -0.15) is 0 Å². The Morgan fingerprint density at radius 1 is 1.00 bits per heavy atom. The lowest BCUT2D eigenvalue weighted by molar-refractivity contribution is -0.141. The normalized spacial score (nSPS) is 10.8.